The summed E-state index contributed by atoms with van der Waals surface area (Å²) >= 11 is 0. The standard InChI is InChI=1S/C30H35N11O2/c1-18-37-39-41(38-18)24-14-23(26(42)27(24)43)40-17-33-25-28(35-30(36-29(25)40)34-21-12-13-31-15-21)32-16-22(19-8-4-2-5-9-19)20-10-6-3-7-11-20/h2-11,17,21-24,26-27,31,42-43H,12-16H2,1H3,(H2,32,34,35,36)/t21-,23+,24-,26-,27+/m0/s1. The Bertz CT molecular complexity index is 1630. The summed E-state index contributed by atoms with van der Waals surface area (Å²) in [5.74, 6) is 1.67. The van der Waals surface area contributed by atoms with E-state index in [1.165, 1.54) is 15.9 Å². The van der Waals surface area contributed by atoms with Crippen LogP contribution in [-0.2, 0) is 0 Å². The van der Waals surface area contributed by atoms with Gasteiger partial charge in [0.1, 0.15) is 18.2 Å². The van der Waals surface area contributed by atoms with Crippen LogP contribution in [0.25, 0.3) is 11.2 Å². The molecule has 0 radical (unpaired) electrons. The average molecular weight is 582 g/mol. The molecule has 4 heterocycles. The highest BCUT2D eigenvalue weighted by Gasteiger charge is 2.45. The Labute approximate surface area is 248 Å². The Morgan fingerprint density at radius 2 is 1.70 bits per heavy atom. The molecule has 1 saturated carbocycles. The van der Waals surface area contributed by atoms with Crippen LogP contribution in [0, 0.1) is 6.92 Å². The molecule has 1 aliphatic carbocycles. The largest absolute Gasteiger partial charge is 0.388 e. The minimum absolute atomic E-state index is 0.0798. The number of hydrogen-bond donors (Lipinski definition) is 5. The molecule has 2 aliphatic rings. The lowest BCUT2D eigenvalue weighted by atomic mass is 9.91. The molecular weight excluding hydrogens is 546 g/mol. The second-order valence-corrected chi connectivity index (χ2v) is 11.3. The number of aliphatic hydroxyl groups excluding tert-OH is 2. The molecule has 13 heteroatoms. The van der Waals surface area contributed by atoms with Gasteiger partial charge in [-0.25, -0.2) is 4.98 Å². The Morgan fingerprint density at radius 3 is 2.35 bits per heavy atom. The van der Waals surface area contributed by atoms with E-state index in [-0.39, 0.29) is 12.0 Å². The van der Waals surface area contributed by atoms with E-state index >= 15 is 0 Å². The van der Waals surface area contributed by atoms with Gasteiger partial charge >= 0.3 is 0 Å². The third-order valence-corrected chi connectivity index (χ3v) is 8.50. The molecule has 1 aliphatic heterocycles. The van der Waals surface area contributed by atoms with Crippen molar-refractivity contribution in [3.63, 3.8) is 0 Å². The number of benzene rings is 2. The number of nitrogens with one attached hydrogen (secondary N) is 3. The molecule has 222 valence electrons. The molecule has 3 aromatic heterocycles. The Hall–Kier alpha value is -4.46. The number of fused-ring (bicyclic) bond motifs is 1. The molecule has 5 N–H and O–H groups in total. The molecule has 1 saturated heterocycles. The topological polar surface area (TPSA) is 164 Å². The van der Waals surface area contributed by atoms with Gasteiger partial charge in [0, 0.05) is 25.0 Å². The summed E-state index contributed by atoms with van der Waals surface area (Å²) in [6.07, 6.45) is 0.870. The van der Waals surface area contributed by atoms with Gasteiger partial charge in [-0.05, 0) is 42.7 Å². The molecule has 43 heavy (non-hydrogen) atoms. The quantitative estimate of drug-likeness (QED) is 0.173. The lowest BCUT2D eigenvalue weighted by Gasteiger charge is -2.21. The van der Waals surface area contributed by atoms with Gasteiger partial charge in [-0.1, -0.05) is 60.7 Å². The maximum Gasteiger partial charge on any atom is 0.227 e. The van der Waals surface area contributed by atoms with Crippen LogP contribution in [0.2, 0.25) is 0 Å². The van der Waals surface area contributed by atoms with Gasteiger partial charge < -0.3 is 30.7 Å². The van der Waals surface area contributed by atoms with E-state index in [0.29, 0.717) is 41.7 Å². The second kappa shape index (κ2) is 11.7. The van der Waals surface area contributed by atoms with Gasteiger partial charge in [0.15, 0.2) is 22.8 Å². The van der Waals surface area contributed by atoms with E-state index in [9.17, 15) is 10.2 Å². The van der Waals surface area contributed by atoms with Crippen LogP contribution < -0.4 is 16.0 Å². The Morgan fingerprint density at radius 1 is 0.977 bits per heavy atom. The number of aromatic nitrogens is 8. The van der Waals surface area contributed by atoms with Crippen LogP contribution in [0.4, 0.5) is 11.8 Å². The smallest absolute Gasteiger partial charge is 0.227 e. The first kappa shape index (κ1) is 27.4. The summed E-state index contributed by atoms with van der Waals surface area (Å²) < 4.78 is 1.84. The molecule has 0 bridgehead atoms. The summed E-state index contributed by atoms with van der Waals surface area (Å²) in [4.78, 5) is 15.9. The van der Waals surface area contributed by atoms with E-state index in [4.69, 9.17) is 15.0 Å². The number of nitrogens with zero attached hydrogens (tertiary/aromatic N) is 8. The van der Waals surface area contributed by atoms with Crippen molar-refractivity contribution in [2.24, 2.45) is 0 Å². The minimum atomic E-state index is -1.07. The van der Waals surface area contributed by atoms with Crippen molar-refractivity contribution in [1.29, 1.82) is 0 Å². The molecule has 5 aromatic rings. The van der Waals surface area contributed by atoms with Gasteiger partial charge in [-0.15, -0.1) is 10.2 Å². The van der Waals surface area contributed by atoms with Gasteiger partial charge in [0.2, 0.25) is 5.95 Å². The number of aliphatic hydroxyl groups is 2. The SMILES string of the molecule is Cc1nnn([C@H]2C[C@@H](n3cnc4c(NCC(c5ccccc5)c5ccccc5)nc(N[C@H]5CCNC5)nc43)[C@H](O)[C@@H]2O)n1. The van der Waals surface area contributed by atoms with Crippen molar-refractivity contribution in [1.82, 2.24) is 45.0 Å². The lowest BCUT2D eigenvalue weighted by Crippen LogP contribution is -2.31. The monoisotopic (exact) mass is 581 g/mol. The third-order valence-electron chi connectivity index (χ3n) is 8.50. The Balaban J connectivity index is 1.24. The molecule has 2 aromatic carbocycles. The fourth-order valence-electron chi connectivity index (χ4n) is 6.23. The van der Waals surface area contributed by atoms with E-state index in [1.807, 2.05) is 16.7 Å². The van der Waals surface area contributed by atoms with E-state index in [1.54, 1.807) is 13.3 Å². The van der Waals surface area contributed by atoms with Crippen LogP contribution >= 0.6 is 0 Å². The van der Waals surface area contributed by atoms with Gasteiger partial charge in [0.05, 0.1) is 12.4 Å². The summed E-state index contributed by atoms with van der Waals surface area (Å²) in [6, 6.07) is 20.0. The van der Waals surface area contributed by atoms with Crippen molar-refractivity contribution in [2.75, 3.05) is 30.3 Å². The molecule has 2 fully saturated rings. The van der Waals surface area contributed by atoms with Crippen LogP contribution in [0.5, 0.6) is 0 Å². The van der Waals surface area contributed by atoms with Crippen molar-refractivity contribution in [3.05, 3.63) is 83.9 Å². The highest BCUT2D eigenvalue weighted by atomic mass is 16.3. The first-order valence-corrected chi connectivity index (χ1v) is 14.7. The molecule has 5 atom stereocenters. The highest BCUT2D eigenvalue weighted by Crippen LogP contribution is 2.39. The van der Waals surface area contributed by atoms with Crippen molar-refractivity contribution < 1.29 is 10.2 Å². The van der Waals surface area contributed by atoms with Gasteiger partial charge in [0.25, 0.3) is 0 Å². The van der Waals surface area contributed by atoms with Crippen molar-refractivity contribution >= 4 is 22.9 Å². The zero-order valence-electron chi connectivity index (χ0n) is 23.8. The number of aryl methyl sites for hydroxylation is 1. The van der Waals surface area contributed by atoms with Crippen molar-refractivity contribution in [3.8, 4) is 0 Å². The molecule has 13 nitrogen and oxygen atoms in total. The molecular formula is C30H35N11O2. The summed E-state index contributed by atoms with van der Waals surface area (Å²) in [5, 5.41) is 44.8. The predicted molar refractivity (Wildman–Crippen MR) is 161 cm³/mol. The zero-order chi connectivity index (χ0) is 29.3. The minimum Gasteiger partial charge on any atom is -0.388 e. The molecule has 0 unspecified atom stereocenters. The lowest BCUT2D eigenvalue weighted by molar-refractivity contribution is 0.00474. The fourth-order valence-corrected chi connectivity index (χ4v) is 6.23. The van der Waals surface area contributed by atoms with Gasteiger partial charge in [-0.3, -0.25) is 0 Å². The number of tetrazole rings is 1. The number of anilines is 2. The number of imidazole rings is 1. The van der Waals surface area contributed by atoms with Crippen LogP contribution in [0.1, 0.15) is 47.8 Å². The van der Waals surface area contributed by atoms with E-state index < -0.39 is 24.3 Å². The highest BCUT2D eigenvalue weighted by molar-refractivity contribution is 5.84. The predicted octanol–water partition coefficient (Wildman–Crippen LogP) is 2.05. The van der Waals surface area contributed by atoms with Crippen LogP contribution in [-0.4, -0.2) is 87.8 Å². The number of rotatable bonds is 9. The number of hydrogen-bond acceptors (Lipinski definition) is 11. The average Bonchev–Trinajstić information content (AvgIpc) is 3.84. The van der Waals surface area contributed by atoms with Crippen LogP contribution in [0.3, 0.4) is 0 Å². The third kappa shape index (κ3) is 5.42. The summed E-state index contributed by atoms with van der Waals surface area (Å²) in [6.45, 7) is 4.08. The first-order chi connectivity index (χ1) is 21.0. The maximum absolute atomic E-state index is 11.2. The van der Waals surface area contributed by atoms with Crippen molar-refractivity contribution in [2.45, 2.75) is 56.0 Å². The van der Waals surface area contributed by atoms with E-state index in [2.05, 4.69) is 79.9 Å². The van der Waals surface area contributed by atoms with Gasteiger partial charge in [-0.2, -0.15) is 14.8 Å². The summed E-state index contributed by atoms with van der Waals surface area (Å²) in [7, 11) is 0. The molecule has 7 rings (SSSR count). The maximum atomic E-state index is 11.2. The first-order valence-electron chi connectivity index (χ1n) is 14.7. The molecule has 0 spiro atoms. The normalized spacial score (nSPS) is 23.8. The fraction of sp³-hybridized carbons (Fsp3) is 0.400. The second-order valence-electron chi connectivity index (χ2n) is 11.3. The zero-order valence-corrected chi connectivity index (χ0v) is 23.8. The van der Waals surface area contributed by atoms with Crippen LogP contribution in [0.15, 0.2) is 67.0 Å². The Kier molecular flexibility index (Phi) is 7.43. The van der Waals surface area contributed by atoms with E-state index in [0.717, 1.165) is 19.5 Å². The molecule has 0 amide bonds. The summed E-state index contributed by atoms with van der Waals surface area (Å²) in [5.41, 5.74) is 3.55.